The van der Waals surface area contributed by atoms with Crippen LogP contribution in [0.3, 0.4) is 0 Å². The standard InChI is InChI=1S/C17H19N3O2/c18-17(21)11-15-4-1-14(12-19-15)13-2-5-16(6-3-13)20-7-9-22-10-8-20/h1-6,12H,7-11H2,(H2,18,21). The van der Waals surface area contributed by atoms with Gasteiger partial charge in [-0.15, -0.1) is 0 Å². The quantitative estimate of drug-likeness (QED) is 0.931. The number of primary amides is 1. The molecule has 0 saturated carbocycles. The second kappa shape index (κ2) is 6.58. The number of ether oxygens (including phenoxy) is 1. The van der Waals surface area contributed by atoms with Gasteiger partial charge in [0.2, 0.25) is 5.91 Å². The Hall–Kier alpha value is -2.40. The van der Waals surface area contributed by atoms with Crippen molar-refractivity contribution in [3.63, 3.8) is 0 Å². The van der Waals surface area contributed by atoms with Gasteiger partial charge in [0.1, 0.15) is 0 Å². The summed E-state index contributed by atoms with van der Waals surface area (Å²) >= 11 is 0. The minimum atomic E-state index is -0.366. The molecule has 1 amide bonds. The molecule has 0 aliphatic carbocycles. The first-order valence-corrected chi connectivity index (χ1v) is 7.39. The molecule has 114 valence electrons. The summed E-state index contributed by atoms with van der Waals surface area (Å²) in [6.45, 7) is 3.44. The fraction of sp³-hybridized carbons (Fsp3) is 0.294. The predicted octanol–water partition coefficient (Wildman–Crippen LogP) is 1.61. The van der Waals surface area contributed by atoms with Gasteiger partial charge in [-0.2, -0.15) is 0 Å². The van der Waals surface area contributed by atoms with Crippen molar-refractivity contribution in [2.45, 2.75) is 6.42 Å². The minimum absolute atomic E-state index is 0.177. The van der Waals surface area contributed by atoms with Gasteiger partial charge in [0.05, 0.1) is 19.6 Å². The summed E-state index contributed by atoms with van der Waals surface area (Å²) in [5, 5.41) is 0. The van der Waals surface area contributed by atoms with Gasteiger partial charge in [-0.3, -0.25) is 9.78 Å². The summed E-state index contributed by atoms with van der Waals surface area (Å²) in [6, 6.07) is 12.2. The van der Waals surface area contributed by atoms with Gasteiger partial charge in [-0.1, -0.05) is 18.2 Å². The Kier molecular flexibility index (Phi) is 4.34. The van der Waals surface area contributed by atoms with Crippen LogP contribution < -0.4 is 10.6 Å². The zero-order valence-electron chi connectivity index (χ0n) is 12.4. The number of amides is 1. The molecule has 1 aliphatic rings. The van der Waals surface area contributed by atoms with Gasteiger partial charge in [0.15, 0.2) is 0 Å². The number of benzene rings is 1. The lowest BCUT2D eigenvalue weighted by Crippen LogP contribution is -2.36. The molecular weight excluding hydrogens is 278 g/mol. The zero-order valence-corrected chi connectivity index (χ0v) is 12.4. The summed E-state index contributed by atoms with van der Waals surface area (Å²) in [5.41, 5.74) is 9.21. The smallest absolute Gasteiger partial charge is 0.223 e. The maximum Gasteiger partial charge on any atom is 0.223 e. The van der Waals surface area contributed by atoms with Gasteiger partial charge in [-0.25, -0.2) is 0 Å². The number of hydrogen-bond acceptors (Lipinski definition) is 4. The maximum atomic E-state index is 10.9. The number of carbonyl (C=O) groups excluding carboxylic acids is 1. The van der Waals surface area contributed by atoms with Gasteiger partial charge in [0, 0.05) is 36.2 Å². The Bertz CT molecular complexity index is 632. The van der Waals surface area contributed by atoms with Crippen molar-refractivity contribution in [3.05, 3.63) is 48.3 Å². The van der Waals surface area contributed by atoms with Crippen LogP contribution in [0.2, 0.25) is 0 Å². The molecule has 0 spiro atoms. The normalized spacial score (nSPS) is 14.8. The number of carbonyl (C=O) groups is 1. The molecule has 1 saturated heterocycles. The van der Waals surface area contributed by atoms with Gasteiger partial charge in [0.25, 0.3) is 0 Å². The topological polar surface area (TPSA) is 68.5 Å². The number of pyridine rings is 1. The summed E-state index contributed by atoms with van der Waals surface area (Å²) in [7, 11) is 0. The van der Waals surface area contributed by atoms with Crippen molar-refractivity contribution in [1.29, 1.82) is 0 Å². The Morgan fingerprint density at radius 1 is 1.09 bits per heavy atom. The number of morpholine rings is 1. The fourth-order valence-corrected chi connectivity index (χ4v) is 2.56. The molecule has 0 unspecified atom stereocenters. The lowest BCUT2D eigenvalue weighted by molar-refractivity contribution is -0.117. The van der Waals surface area contributed by atoms with E-state index in [2.05, 4.69) is 34.1 Å². The van der Waals surface area contributed by atoms with Crippen LogP contribution in [0.25, 0.3) is 11.1 Å². The minimum Gasteiger partial charge on any atom is -0.378 e. The largest absolute Gasteiger partial charge is 0.378 e. The first kappa shape index (κ1) is 14.5. The molecule has 1 aromatic carbocycles. The molecule has 1 aliphatic heterocycles. The van der Waals surface area contributed by atoms with Gasteiger partial charge >= 0.3 is 0 Å². The molecule has 1 aromatic heterocycles. The Balaban J connectivity index is 1.73. The van der Waals surface area contributed by atoms with Crippen LogP contribution in [0.4, 0.5) is 5.69 Å². The second-order valence-electron chi connectivity index (χ2n) is 5.33. The third kappa shape index (κ3) is 3.43. The molecule has 5 heteroatoms. The molecule has 0 bridgehead atoms. The van der Waals surface area contributed by atoms with Crippen LogP contribution in [-0.2, 0) is 16.0 Å². The highest BCUT2D eigenvalue weighted by molar-refractivity contribution is 5.76. The van der Waals surface area contributed by atoms with E-state index in [4.69, 9.17) is 10.5 Å². The average molecular weight is 297 g/mol. The predicted molar refractivity (Wildman–Crippen MR) is 85.6 cm³/mol. The van der Waals surface area contributed by atoms with Gasteiger partial charge in [-0.05, 0) is 23.8 Å². The van der Waals surface area contributed by atoms with E-state index in [9.17, 15) is 4.79 Å². The monoisotopic (exact) mass is 297 g/mol. The van der Waals surface area contributed by atoms with E-state index in [0.29, 0.717) is 5.69 Å². The van der Waals surface area contributed by atoms with E-state index in [0.717, 1.165) is 37.4 Å². The van der Waals surface area contributed by atoms with Crippen molar-refractivity contribution in [2.24, 2.45) is 5.73 Å². The van der Waals surface area contributed by atoms with Crippen LogP contribution in [-0.4, -0.2) is 37.2 Å². The lowest BCUT2D eigenvalue weighted by atomic mass is 10.1. The van der Waals surface area contributed by atoms with E-state index >= 15 is 0 Å². The maximum absolute atomic E-state index is 10.9. The summed E-state index contributed by atoms with van der Waals surface area (Å²) in [5.74, 6) is -0.366. The fourth-order valence-electron chi connectivity index (χ4n) is 2.56. The molecule has 1 fully saturated rings. The molecule has 3 rings (SSSR count). The SMILES string of the molecule is NC(=O)Cc1ccc(-c2ccc(N3CCOCC3)cc2)cn1. The Labute approximate surface area is 129 Å². The van der Waals surface area contributed by atoms with E-state index in [1.54, 1.807) is 6.20 Å². The highest BCUT2D eigenvalue weighted by Gasteiger charge is 2.11. The lowest BCUT2D eigenvalue weighted by Gasteiger charge is -2.28. The van der Waals surface area contributed by atoms with Crippen molar-refractivity contribution in [1.82, 2.24) is 4.98 Å². The first-order chi connectivity index (χ1) is 10.7. The second-order valence-corrected chi connectivity index (χ2v) is 5.33. The Morgan fingerprint density at radius 3 is 2.36 bits per heavy atom. The van der Waals surface area contributed by atoms with Crippen LogP contribution in [0.1, 0.15) is 5.69 Å². The third-order valence-corrected chi connectivity index (χ3v) is 3.76. The third-order valence-electron chi connectivity index (χ3n) is 3.76. The number of nitrogens with two attached hydrogens (primary N) is 1. The number of aromatic nitrogens is 1. The van der Waals surface area contributed by atoms with E-state index in [-0.39, 0.29) is 12.3 Å². The summed E-state index contributed by atoms with van der Waals surface area (Å²) in [4.78, 5) is 17.5. The van der Waals surface area contributed by atoms with Crippen LogP contribution >= 0.6 is 0 Å². The summed E-state index contributed by atoms with van der Waals surface area (Å²) < 4.78 is 5.37. The molecule has 2 heterocycles. The van der Waals surface area contributed by atoms with Crippen molar-refractivity contribution in [2.75, 3.05) is 31.2 Å². The van der Waals surface area contributed by atoms with E-state index in [1.807, 2.05) is 12.1 Å². The van der Waals surface area contributed by atoms with Crippen molar-refractivity contribution < 1.29 is 9.53 Å². The molecule has 2 N–H and O–H groups in total. The van der Waals surface area contributed by atoms with Crippen LogP contribution in [0.15, 0.2) is 42.6 Å². The summed E-state index contributed by atoms with van der Waals surface area (Å²) in [6.07, 6.45) is 1.96. The molecule has 22 heavy (non-hydrogen) atoms. The molecule has 5 nitrogen and oxygen atoms in total. The molecule has 0 atom stereocenters. The van der Waals surface area contributed by atoms with E-state index in [1.165, 1.54) is 5.69 Å². The highest BCUT2D eigenvalue weighted by Crippen LogP contribution is 2.23. The number of anilines is 1. The number of rotatable bonds is 4. The zero-order chi connectivity index (χ0) is 15.4. The average Bonchev–Trinajstić information content (AvgIpc) is 2.56. The first-order valence-electron chi connectivity index (χ1n) is 7.39. The number of nitrogens with zero attached hydrogens (tertiary/aromatic N) is 2. The highest BCUT2D eigenvalue weighted by atomic mass is 16.5. The molecule has 0 radical (unpaired) electrons. The number of hydrogen-bond donors (Lipinski definition) is 1. The van der Waals surface area contributed by atoms with Crippen molar-refractivity contribution >= 4 is 11.6 Å². The van der Waals surface area contributed by atoms with Gasteiger partial charge < -0.3 is 15.4 Å². The Morgan fingerprint density at radius 2 is 1.77 bits per heavy atom. The van der Waals surface area contributed by atoms with E-state index < -0.39 is 0 Å². The van der Waals surface area contributed by atoms with Crippen molar-refractivity contribution in [3.8, 4) is 11.1 Å². The molecule has 2 aromatic rings. The van der Waals surface area contributed by atoms with Crippen LogP contribution in [0.5, 0.6) is 0 Å². The molecular formula is C17H19N3O2. The van der Waals surface area contributed by atoms with Crippen LogP contribution in [0, 0.1) is 0 Å².